The van der Waals surface area contributed by atoms with E-state index in [-0.39, 0.29) is 0 Å². The van der Waals surface area contributed by atoms with E-state index in [9.17, 15) is 0 Å². The zero-order valence-electron chi connectivity index (χ0n) is 18.2. The van der Waals surface area contributed by atoms with Crippen molar-refractivity contribution in [2.45, 2.75) is 135 Å². The van der Waals surface area contributed by atoms with Crippen LogP contribution in [0.4, 0.5) is 0 Å². The molecule has 0 unspecified atom stereocenters. The van der Waals surface area contributed by atoms with E-state index in [0.717, 1.165) is 0 Å². The summed E-state index contributed by atoms with van der Waals surface area (Å²) in [5.74, 6) is 0. The summed E-state index contributed by atoms with van der Waals surface area (Å²) in [7, 11) is 0. The Hall–Kier alpha value is -0.850. The Kier molecular flexibility index (Phi) is 19.2. The van der Waals surface area contributed by atoms with Gasteiger partial charge in [0.1, 0.15) is 0 Å². The van der Waals surface area contributed by atoms with Crippen molar-refractivity contribution in [3.8, 4) is 0 Å². The van der Waals surface area contributed by atoms with Crippen molar-refractivity contribution in [2.75, 3.05) is 0 Å². The molecule has 4 fully saturated rings. The van der Waals surface area contributed by atoms with Crippen LogP contribution in [-0.2, 0) is 0 Å². The molecule has 1 aromatic rings. The van der Waals surface area contributed by atoms with Gasteiger partial charge in [0.15, 0.2) is 0 Å². The number of aromatic nitrogens is 1. The molecule has 4 aliphatic rings. The van der Waals surface area contributed by atoms with Gasteiger partial charge in [-0.1, -0.05) is 141 Å². The van der Waals surface area contributed by atoms with Gasteiger partial charge in [-0.15, -0.1) is 0 Å². The third kappa shape index (κ3) is 23.1. The summed E-state index contributed by atoms with van der Waals surface area (Å²) >= 11 is 0. The van der Waals surface area contributed by atoms with Gasteiger partial charge in [-0.25, -0.2) is 0 Å². The summed E-state index contributed by atoms with van der Waals surface area (Å²) in [6.07, 6.45) is 35.0. The third-order valence-electron chi connectivity index (χ3n) is 5.42. The van der Waals surface area contributed by atoms with Crippen LogP contribution in [0.2, 0.25) is 0 Å². The summed E-state index contributed by atoms with van der Waals surface area (Å²) in [6.45, 7) is 0. The van der Waals surface area contributed by atoms with Crippen molar-refractivity contribution >= 4 is 0 Å². The molecule has 0 aromatic carbocycles. The molecule has 1 heterocycles. The first-order chi connectivity index (χ1) is 13.5. The maximum absolute atomic E-state index is 3.78. The third-order valence-corrected chi connectivity index (χ3v) is 5.42. The van der Waals surface area contributed by atoms with Crippen LogP contribution in [-0.4, -0.2) is 4.98 Å². The number of rotatable bonds is 0. The van der Waals surface area contributed by atoms with Crippen molar-refractivity contribution in [1.82, 2.24) is 4.98 Å². The molecule has 0 saturated heterocycles. The molecule has 0 amide bonds. The molecule has 4 saturated carbocycles. The molecule has 0 radical (unpaired) electrons. The molecular formula is C26H47N. The van der Waals surface area contributed by atoms with Crippen molar-refractivity contribution in [3.63, 3.8) is 0 Å². The number of hydrogen-bond donors (Lipinski definition) is 0. The van der Waals surface area contributed by atoms with Gasteiger partial charge in [-0.2, -0.15) is 0 Å². The van der Waals surface area contributed by atoms with Crippen molar-refractivity contribution in [1.29, 1.82) is 0 Å². The lowest BCUT2D eigenvalue weighted by Gasteiger charge is -2.05. The van der Waals surface area contributed by atoms with Crippen molar-refractivity contribution < 1.29 is 0 Å². The van der Waals surface area contributed by atoms with Crippen LogP contribution in [0.25, 0.3) is 0 Å². The fourth-order valence-corrected chi connectivity index (χ4v) is 3.49. The van der Waals surface area contributed by atoms with E-state index in [2.05, 4.69) is 4.98 Å². The molecule has 0 N–H and O–H groups in total. The summed E-state index contributed by atoms with van der Waals surface area (Å²) in [4.78, 5) is 3.78. The first-order valence-corrected chi connectivity index (χ1v) is 12.3. The molecule has 0 spiro atoms. The smallest absolute Gasteiger partial charge is 0.0267 e. The standard InChI is InChI=1S/C7H14.C6H12.C5H5N.C5H10.C3H6/c1-2-4-6-7-5-3-1;2*1-2-4-6-5-3-1;1-2-4-5-3-1;1-2-3-1/h1-7H2;1-6H2;1-5H;1-5H2;1-3H2. The maximum atomic E-state index is 3.78. The van der Waals surface area contributed by atoms with Gasteiger partial charge in [0.05, 0.1) is 0 Å². The second-order valence-corrected chi connectivity index (χ2v) is 8.45. The van der Waals surface area contributed by atoms with Crippen LogP contribution >= 0.6 is 0 Å². The molecule has 0 atom stereocenters. The summed E-state index contributed by atoms with van der Waals surface area (Å²) in [6, 6.07) is 5.72. The average molecular weight is 374 g/mol. The second-order valence-electron chi connectivity index (χ2n) is 8.45. The highest BCUT2D eigenvalue weighted by molar-refractivity contribution is 4.88. The SMILES string of the molecule is C1CC1.C1CCCC1.C1CCCCC1.C1CCCCCC1.c1ccncc1. The van der Waals surface area contributed by atoms with Gasteiger partial charge in [0, 0.05) is 12.4 Å². The highest BCUT2D eigenvalue weighted by Crippen LogP contribution is 2.16. The lowest BCUT2D eigenvalue weighted by molar-refractivity contribution is 0.504. The highest BCUT2D eigenvalue weighted by Gasteiger charge is 1.97. The number of pyridine rings is 1. The van der Waals surface area contributed by atoms with Crippen LogP contribution in [0, 0.1) is 0 Å². The topological polar surface area (TPSA) is 12.9 Å². The summed E-state index contributed by atoms with van der Waals surface area (Å²) in [5.41, 5.74) is 0. The molecule has 4 aliphatic carbocycles. The zero-order chi connectivity index (χ0) is 19.1. The monoisotopic (exact) mass is 373 g/mol. The van der Waals surface area contributed by atoms with Crippen molar-refractivity contribution in [3.05, 3.63) is 30.6 Å². The van der Waals surface area contributed by atoms with E-state index in [1.807, 2.05) is 18.2 Å². The minimum Gasteiger partial charge on any atom is -0.265 e. The van der Waals surface area contributed by atoms with Crippen LogP contribution < -0.4 is 0 Å². The molecular weight excluding hydrogens is 326 g/mol. The lowest BCUT2D eigenvalue weighted by Crippen LogP contribution is -1.85. The maximum Gasteiger partial charge on any atom is 0.0267 e. The molecule has 27 heavy (non-hydrogen) atoms. The molecule has 0 bridgehead atoms. The molecule has 0 aliphatic heterocycles. The van der Waals surface area contributed by atoms with E-state index in [1.165, 1.54) is 135 Å². The fraction of sp³-hybridized carbons (Fsp3) is 0.808. The normalized spacial score (nSPS) is 20.4. The van der Waals surface area contributed by atoms with Crippen LogP contribution in [0.1, 0.15) is 135 Å². The quantitative estimate of drug-likeness (QED) is 0.413. The first-order valence-electron chi connectivity index (χ1n) is 12.3. The first kappa shape index (κ1) is 24.2. The van der Waals surface area contributed by atoms with E-state index in [4.69, 9.17) is 0 Å². The van der Waals surface area contributed by atoms with Gasteiger partial charge in [-0.05, 0) is 12.1 Å². The van der Waals surface area contributed by atoms with Gasteiger partial charge in [0.2, 0.25) is 0 Å². The van der Waals surface area contributed by atoms with Gasteiger partial charge >= 0.3 is 0 Å². The van der Waals surface area contributed by atoms with E-state index in [1.54, 1.807) is 12.4 Å². The fourth-order valence-electron chi connectivity index (χ4n) is 3.49. The Morgan fingerprint density at radius 1 is 0.259 bits per heavy atom. The lowest BCUT2D eigenvalue weighted by atomic mass is 10.0. The Morgan fingerprint density at radius 2 is 0.444 bits per heavy atom. The predicted molar refractivity (Wildman–Crippen MR) is 121 cm³/mol. The Bertz CT molecular complexity index is 283. The van der Waals surface area contributed by atoms with Crippen LogP contribution in [0.5, 0.6) is 0 Å². The average Bonchev–Trinajstić information content (AvgIpc) is 3.59. The minimum absolute atomic E-state index is 1.50. The molecule has 1 heteroatoms. The summed E-state index contributed by atoms with van der Waals surface area (Å²) < 4.78 is 0. The Morgan fingerprint density at radius 3 is 0.519 bits per heavy atom. The Labute approximate surface area is 170 Å². The Balaban J connectivity index is 0.000000172. The van der Waals surface area contributed by atoms with Gasteiger partial charge < -0.3 is 0 Å². The van der Waals surface area contributed by atoms with Gasteiger partial charge in [-0.3, -0.25) is 4.98 Å². The number of hydrogen-bond acceptors (Lipinski definition) is 1. The van der Waals surface area contributed by atoms with E-state index < -0.39 is 0 Å². The molecule has 5 rings (SSSR count). The molecule has 1 aromatic heterocycles. The van der Waals surface area contributed by atoms with Crippen LogP contribution in [0.15, 0.2) is 30.6 Å². The zero-order valence-corrected chi connectivity index (χ0v) is 18.2. The van der Waals surface area contributed by atoms with Crippen molar-refractivity contribution in [2.24, 2.45) is 0 Å². The predicted octanol–water partition coefficient (Wildman–Crippen LogP) is 9.27. The minimum atomic E-state index is 1.50. The molecule has 1 nitrogen and oxygen atoms in total. The van der Waals surface area contributed by atoms with Crippen LogP contribution in [0.3, 0.4) is 0 Å². The number of nitrogens with zero attached hydrogens (tertiary/aromatic N) is 1. The largest absolute Gasteiger partial charge is 0.265 e. The van der Waals surface area contributed by atoms with E-state index in [0.29, 0.717) is 0 Å². The highest BCUT2D eigenvalue weighted by atomic mass is 14.6. The second kappa shape index (κ2) is 21.5. The summed E-state index contributed by atoms with van der Waals surface area (Å²) in [5, 5.41) is 0. The molecule has 156 valence electrons. The van der Waals surface area contributed by atoms with Gasteiger partial charge in [0.25, 0.3) is 0 Å². The van der Waals surface area contributed by atoms with E-state index >= 15 is 0 Å².